The van der Waals surface area contributed by atoms with E-state index in [2.05, 4.69) is 12.2 Å². The van der Waals surface area contributed by atoms with Crippen molar-refractivity contribution in [1.82, 2.24) is 0 Å². The van der Waals surface area contributed by atoms with Crippen LogP contribution >= 0.6 is 0 Å². The van der Waals surface area contributed by atoms with Crippen LogP contribution in [0.2, 0.25) is 0 Å². The summed E-state index contributed by atoms with van der Waals surface area (Å²) in [7, 11) is 0. The molecule has 0 bridgehead atoms. The van der Waals surface area contributed by atoms with E-state index in [9.17, 15) is 4.79 Å². The van der Waals surface area contributed by atoms with Gasteiger partial charge in [0.1, 0.15) is 13.2 Å². The largest absolute Gasteiger partial charge is 0.486 e. The van der Waals surface area contributed by atoms with Crippen molar-refractivity contribution < 1.29 is 14.3 Å². The number of hydrogen-bond acceptors (Lipinski definition) is 3. The highest BCUT2D eigenvalue weighted by atomic mass is 16.6. The van der Waals surface area contributed by atoms with Crippen molar-refractivity contribution in [2.45, 2.75) is 19.3 Å². The molecule has 3 rings (SSSR count). The molecule has 0 aromatic heterocycles. The second-order valence-corrected chi connectivity index (χ2v) is 5.42. The molecule has 2 aromatic carbocycles. The van der Waals surface area contributed by atoms with Crippen LogP contribution in [0.15, 0.2) is 48.5 Å². The fourth-order valence-corrected chi connectivity index (χ4v) is 2.51. The molecule has 0 saturated heterocycles. The molecule has 1 amide bonds. The molecule has 22 heavy (non-hydrogen) atoms. The highest BCUT2D eigenvalue weighted by molar-refractivity contribution is 5.91. The third-order valence-corrected chi connectivity index (χ3v) is 3.69. The minimum Gasteiger partial charge on any atom is -0.486 e. The molecule has 0 spiro atoms. The van der Waals surface area contributed by atoms with E-state index in [1.54, 1.807) is 6.07 Å². The first kappa shape index (κ1) is 14.4. The second kappa shape index (κ2) is 6.52. The maximum atomic E-state index is 12.2. The van der Waals surface area contributed by atoms with Gasteiger partial charge in [-0.3, -0.25) is 4.79 Å². The van der Waals surface area contributed by atoms with E-state index in [1.807, 2.05) is 42.5 Å². The van der Waals surface area contributed by atoms with Crippen LogP contribution < -0.4 is 14.8 Å². The molecule has 1 aliphatic rings. The first-order chi connectivity index (χ1) is 10.7. The van der Waals surface area contributed by atoms with E-state index in [-0.39, 0.29) is 11.8 Å². The Morgan fingerprint density at radius 3 is 2.59 bits per heavy atom. The average molecular weight is 297 g/mol. The van der Waals surface area contributed by atoms with Crippen LogP contribution in [0.1, 0.15) is 24.8 Å². The summed E-state index contributed by atoms with van der Waals surface area (Å²) in [6, 6.07) is 15.5. The van der Waals surface area contributed by atoms with E-state index in [0.29, 0.717) is 25.4 Å². The van der Waals surface area contributed by atoms with Crippen molar-refractivity contribution in [2.24, 2.45) is 0 Å². The predicted octanol–water partition coefficient (Wildman–Crippen LogP) is 3.59. The second-order valence-electron chi connectivity index (χ2n) is 5.42. The van der Waals surface area contributed by atoms with Crippen LogP contribution in [0.25, 0.3) is 0 Å². The molecule has 4 nitrogen and oxygen atoms in total. The van der Waals surface area contributed by atoms with Gasteiger partial charge < -0.3 is 14.8 Å². The monoisotopic (exact) mass is 297 g/mol. The lowest BCUT2D eigenvalue weighted by molar-refractivity contribution is -0.116. The molecule has 0 saturated carbocycles. The van der Waals surface area contributed by atoms with Crippen LogP contribution in [-0.4, -0.2) is 19.1 Å². The van der Waals surface area contributed by atoms with Crippen LogP contribution in [0.5, 0.6) is 11.5 Å². The summed E-state index contributed by atoms with van der Waals surface area (Å²) < 4.78 is 11.0. The van der Waals surface area contributed by atoms with Gasteiger partial charge in [0.2, 0.25) is 5.91 Å². The smallest absolute Gasteiger partial charge is 0.224 e. The van der Waals surface area contributed by atoms with Crippen LogP contribution in [-0.2, 0) is 4.79 Å². The van der Waals surface area contributed by atoms with Gasteiger partial charge in [0.15, 0.2) is 11.5 Å². The Morgan fingerprint density at radius 2 is 1.82 bits per heavy atom. The molecular formula is C18H19NO3. The Morgan fingerprint density at radius 1 is 1.09 bits per heavy atom. The van der Waals surface area contributed by atoms with Gasteiger partial charge >= 0.3 is 0 Å². The van der Waals surface area contributed by atoms with Crippen LogP contribution in [0.4, 0.5) is 5.69 Å². The Bertz CT molecular complexity index is 655. The van der Waals surface area contributed by atoms with E-state index in [0.717, 1.165) is 11.4 Å². The average Bonchev–Trinajstić information content (AvgIpc) is 2.55. The number of carbonyl (C=O) groups is 1. The molecule has 0 fully saturated rings. The summed E-state index contributed by atoms with van der Waals surface area (Å²) in [6.07, 6.45) is 0.443. The molecule has 0 aliphatic carbocycles. The third kappa shape index (κ3) is 3.39. The summed E-state index contributed by atoms with van der Waals surface area (Å²) >= 11 is 0. The van der Waals surface area contributed by atoms with Crippen molar-refractivity contribution in [3.8, 4) is 11.5 Å². The SMILES string of the molecule is C[C@H](CC(=O)Nc1ccc2c(c1)OCCO2)c1ccccc1. The molecule has 0 radical (unpaired) electrons. The standard InChI is InChI=1S/C18H19NO3/c1-13(14-5-3-2-4-6-14)11-18(20)19-15-7-8-16-17(12-15)22-10-9-21-16/h2-8,12-13H,9-11H2,1H3,(H,19,20)/t13-/m1/s1. The van der Waals surface area contributed by atoms with Crippen LogP contribution in [0, 0.1) is 0 Å². The minimum absolute atomic E-state index is 0.00645. The topological polar surface area (TPSA) is 47.6 Å². The van der Waals surface area contributed by atoms with E-state index in [1.165, 1.54) is 5.56 Å². The van der Waals surface area contributed by atoms with Crippen LogP contribution in [0.3, 0.4) is 0 Å². The fourth-order valence-electron chi connectivity index (χ4n) is 2.51. The number of benzene rings is 2. The predicted molar refractivity (Wildman–Crippen MR) is 85.5 cm³/mol. The molecule has 0 unspecified atom stereocenters. The van der Waals surface area contributed by atoms with Gasteiger partial charge in [-0.05, 0) is 23.6 Å². The zero-order chi connectivity index (χ0) is 15.4. The normalized spacial score (nSPS) is 14.2. The maximum Gasteiger partial charge on any atom is 0.224 e. The minimum atomic E-state index is -0.00645. The lowest BCUT2D eigenvalue weighted by atomic mass is 9.97. The number of ether oxygens (including phenoxy) is 2. The third-order valence-electron chi connectivity index (χ3n) is 3.69. The van der Waals surface area contributed by atoms with Gasteiger partial charge in [-0.15, -0.1) is 0 Å². The molecule has 1 aliphatic heterocycles. The lowest BCUT2D eigenvalue weighted by Gasteiger charge is -2.19. The Balaban J connectivity index is 1.62. The van der Waals surface area contributed by atoms with E-state index in [4.69, 9.17) is 9.47 Å². The number of anilines is 1. The first-order valence-corrected chi connectivity index (χ1v) is 7.47. The van der Waals surface area contributed by atoms with Gasteiger partial charge in [0, 0.05) is 18.2 Å². The number of nitrogens with one attached hydrogen (secondary N) is 1. The number of rotatable bonds is 4. The van der Waals surface area contributed by atoms with Crippen molar-refractivity contribution in [1.29, 1.82) is 0 Å². The summed E-state index contributed by atoms with van der Waals surface area (Å²) in [4.78, 5) is 12.2. The van der Waals surface area contributed by atoms with Gasteiger partial charge in [0.05, 0.1) is 0 Å². The highest BCUT2D eigenvalue weighted by Gasteiger charge is 2.14. The Hall–Kier alpha value is -2.49. The molecule has 1 N–H and O–H groups in total. The highest BCUT2D eigenvalue weighted by Crippen LogP contribution is 2.32. The fraction of sp³-hybridized carbons (Fsp3) is 0.278. The van der Waals surface area contributed by atoms with Gasteiger partial charge in [-0.25, -0.2) is 0 Å². The molecule has 114 valence electrons. The summed E-state index contributed by atoms with van der Waals surface area (Å²) in [5, 5.41) is 2.92. The zero-order valence-corrected chi connectivity index (χ0v) is 12.5. The first-order valence-electron chi connectivity index (χ1n) is 7.47. The molecule has 2 aromatic rings. The van der Waals surface area contributed by atoms with Crippen molar-refractivity contribution in [3.05, 3.63) is 54.1 Å². The quantitative estimate of drug-likeness (QED) is 0.938. The summed E-state index contributed by atoms with van der Waals surface area (Å²) in [5.74, 6) is 1.58. The number of fused-ring (bicyclic) bond motifs is 1. The molecule has 1 heterocycles. The zero-order valence-electron chi connectivity index (χ0n) is 12.5. The number of amides is 1. The van der Waals surface area contributed by atoms with Crippen molar-refractivity contribution in [2.75, 3.05) is 18.5 Å². The van der Waals surface area contributed by atoms with E-state index < -0.39 is 0 Å². The summed E-state index contributed by atoms with van der Waals surface area (Å²) in [6.45, 7) is 3.15. The van der Waals surface area contributed by atoms with Crippen molar-refractivity contribution >= 4 is 11.6 Å². The van der Waals surface area contributed by atoms with E-state index >= 15 is 0 Å². The number of hydrogen-bond donors (Lipinski definition) is 1. The Kier molecular flexibility index (Phi) is 4.28. The maximum absolute atomic E-state index is 12.2. The molecule has 1 atom stereocenters. The van der Waals surface area contributed by atoms with Gasteiger partial charge in [-0.1, -0.05) is 37.3 Å². The molecular weight excluding hydrogens is 278 g/mol. The van der Waals surface area contributed by atoms with Gasteiger partial charge in [0.25, 0.3) is 0 Å². The Labute approximate surface area is 130 Å². The lowest BCUT2D eigenvalue weighted by Crippen LogP contribution is -2.17. The summed E-state index contributed by atoms with van der Waals surface area (Å²) in [5.41, 5.74) is 1.90. The molecule has 4 heteroatoms. The van der Waals surface area contributed by atoms with Crippen molar-refractivity contribution in [3.63, 3.8) is 0 Å². The van der Waals surface area contributed by atoms with Gasteiger partial charge in [-0.2, -0.15) is 0 Å². The number of carbonyl (C=O) groups excluding carboxylic acids is 1.